The third-order valence-corrected chi connectivity index (χ3v) is 1.16. The van der Waals surface area contributed by atoms with Crippen molar-refractivity contribution in [2.24, 2.45) is 0 Å². The van der Waals surface area contributed by atoms with Crippen LogP contribution in [0.15, 0.2) is 0 Å². The van der Waals surface area contributed by atoms with Gasteiger partial charge in [0.05, 0.1) is 11.7 Å². The third kappa shape index (κ3) is 4.79. The van der Waals surface area contributed by atoms with Gasteiger partial charge in [-0.05, 0) is 27.2 Å². The topological polar surface area (TPSA) is 49.7 Å². The summed E-state index contributed by atoms with van der Waals surface area (Å²) in [5, 5.41) is 17.2. The minimum atomic E-state index is -0.483. The molecule has 59 valence electrons. The van der Waals surface area contributed by atoms with Crippen molar-refractivity contribution in [2.75, 3.05) is 0 Å². The Balaban J connectivity index is 3.63. The van der Waals surface area contributed by atoms with E-state index < -0.39 is 11.7 Å². The van der Waals surface area contributed by atoms with E-state index in [1.165, 1.54) is 0 Å². The summed E-state index contributed by atoms with van der Waals surface area (Å²) in [7, 11) is 0.655. The molecule has 0 fully saturated rings. The highest BCUT2D eigenvalue weighted by Gasteiger charge is 2.20. The SMILES string of the molecule is CC(O)CC(C)(C)O[B]O. The van der Waals surface area contributed by atoms with E-state index in [4.69, 9.17) is 14.8 Å². The maximum Gasteiger partial charge on any atom is 0.485 e. The van der Waals surface area contributed by atoms with Crippen LogP contribution in [0.3, 0.4) is 0 Å². The largest absolute Gasteiger partial charge is 0.485 e. The van der Waals surface area contributed by atoms with Gasteiger partial charge in [-0.1, -0.05) is 0 Å². The Labute approximate surface area is 62.3 Å². The zero-order valence-corrected chi connectivity index (χ0v) is 6.66. The number of aliphatic hydroxyl groups excluding tert-OH is 1. The first-order chi connectivity index (χ1) is 4.48. The maximum absolute atomic E-state index is 8.94. The minimum Gasteiger partial charge on any atom is -0.429 e. The van der Waals surface area contributed by atoms with Gasteiger partial charge in [-0.3, -0.25) is 0 Å². The molecule has 2 N–H and O–H groups in total. The number of aliphatic hydroxyl groups is 1. The van der Waals surface area contributed by atoms with Crippen molar-refractivity contribution in [2.45, 2.75) is 38.9 Å². The van der Waals surface area contributed by atoms with E-state index in [0.717, 1.165) is 0 Å². The normalized spacial score (nSPS) is 14.9. The summed E-state index contributed by atoms with van der Waals surface area (Å²) in [5.41, 5.74) is -0.483. The molecule has 0 aliphatic carbocycles. The molecular weight excluding hydrogens is 131 g/mol. The van der Waals surface area contributed by atoms with Gasteiger partial charge in [0.2, 0.25) is 0 Å². The van der Waals surface area contributed by atoms with Crippen molar-refractivity contribution in [3.8, 4) is 0 Å². The first kappa shape index (κ1) is 9.94. The second kappa shape index (κ2) is 3.96. The van der Waals surface area contributed by atoms with Crippen LogP contribution >= 0.6 is 0 Å². The summed E-state index contributed by atoms with van der Waals surface area (Å²) >= 11 is 0. The van der Waals surface area contributed by atoms with E-state index in [1.54, 1.807) is 20.8 Å². The van der Waals surface area contributed by atoms with Gasteiger partial charge in [-0.2, -0.15) is 0 Å². The highest BCUT2D eigenvalue weighted by atomic mass is 16.5. The number of rotatable bonds is 4. The molecule has 0 aliphatic heterocycles. The van der Waals surface area contributed by atoms with Crippen LogP contribution in [-0.2, 0) is 4.65 Å². The fraction of sp³-hybridized carbons (Fsp3) is 1.00. The van der Waals surface area contributed by atoms with Crippen molar-refractivity contribution in [1.29, 1.82) is 0 Å². The van der Waals surface area contributed by atoms with Gasteiger partial charge >= 0.3 is 7.69 Å². The first-order valence-corrected chi connectivity index (χ1v) is 3.30. The van der Waals surface area contributed by atoms with Crippen LogP contribution < -0.4 is 0 Å². The Hall–Kier alpha value is -0.0551. The molecule has 0 aromatic carbocycles. The average Bonchev–Trinajstić information content (AvgIpc) is 1.59. The molecule has 0 spiro atoms. The van der Waals surface area contributed by atoms with Gasteiger partial charge in [0, 0.05) is 0 Å². The quantitative estimate of drug-likeness (QED) is 0.550. The summed E-state index contributed by atoms with van der Waals surface area (Å²) in [5.74, 6) is 0. The first-order valence-electron chi connectivity index (χ1n) is 3.30. The van der Waals surface area contributed by atoms with Gasteiger partial charge in [0.25, 0.3) is 0 Å². The van der Waals surface area contributed by atoms with Crippen molar-refractivity contribution in [1.82, 2.24) is 0 Å². The molecule has 1 unspecified atom stereocenters. The van der Waals surface area contributed by atoms with Crippen LogP contribution in [0.5, 0.6) is 0 Å². The molecule has 0 bridgehead atoms. The third-order valence-electron chi connectivity index (χ3n) is 1.16. The molecule has 0 rings (SSSR count). The molecule has 0 saturated carbocycles. The Kier molecular flexibility index (Phi) is 3.94. The van der Waals surface area contributed by atoms with Gasteiger partial charge < -0.3 is 14.8 Å². The van der Waals surface area contributed by atoms with Crippen molar-refractivity contribution in [3.63, 3.8) is 0 Å². The minimum absolute atomic E-state index is 0.407. The second-order valence-electron chi connectivity index (χ2n) is 3.04. The molecule has 0 amide bonds. The summed E-state index contributed by atoms with van der Waals surface area (Å²) < 4.78 is 4.81. The molecule has 10 heavy (non-hydrogen) atoms. The number of hydrogen-bond donors (Lipinski definition) is 2. The van der Waals surface area contributed by atoms with E-state index in [1.807, 2.05) is 0 Å². The van der Waals surface area contributed by atoms with E-state index in [-0.39, 0.29) is 0 Å². The molecular formula is C6H14BO3. The zero-order chi connectivity index (χ0) is 8.20. The summed E-state index contributed by atoms with van der Waals surface area (Å²) in [6, 6.07) is 0. The Morgan fingerprint density at radius 2 is 2.10 bits per heavy atom. The molecule has 0 aliphatic rings. The molecule has 1 radical (unpaired) electrons. The van der Waals surface area contributed by atoms with Gasteiger partial charge in [0.1, 0.15) is 0 Å². The summed E-state index contributed by atoms with van der Waals surface area (Å²) in [6.45, 7) is 5.28. The van der Waals surface area contributed by atoms with E-state index in [0.29, 0.717) is 14.1 Å². The van der Waals surface area contributed by atoms with Gasteiger partial charge in [-0.15, -0.1) is 0 Å². The van der Waals surface area contributed by atoms with Crippen LogP contribution in [0.1, 0.15) is 27.2 Å². The highest BCUT2D eigenvalue weighted by molar-refractivity contribution is 6.16. The lowest BCUT2D eigenvalue weighted by Gasteiger charge is -2.25. The summed E-state index contributed by atoms with van der Waals surface area (Å²) in [4.78, 5) is 0. The van der Waals surface area contributed by atoms with E-state index in [2.05, 4.69) is 0 Å². The summed E-state index contributed by atoms with van der Waals surface area (Å²) in [6.07, 6.45) is 0.0966. The highest BCUT2D eigenvalue weighted by Crippen LogP contribution is 2.15. The molecule has 3 nitrogen and oxygen atoms in total. The predicted molar refractivity (Wildman–Crippen MR) is 39.4 cm³/mol. The van der Waals surface area contributed by atoms with Crippen molar-refractivity contribution in [3.05, 3.63) is 0 Å². The smallest absolute Gasteiger partial charge is 0.429 e. The van der Waals surface area contributed by atoms with Crippen LogP contribution in [0.2, 0.25) is 0 Å². The van der Waals surface area contributed by atoms with Crippen molar-refractivity contribution >= 4 is 7.69 Å². The van der Waals surface area contributed by atoms with Crippen molar-refractivity contribution < 1.29 is 14.8 Å². The van der Waals surface area contributed by atoms with Crippen LogP contribution in [0.25, 0.3) is 0 Å². The van der Waals surface area contributed by atoms with E-state index in [9.17, 15) is 0 Å². The lowest BCUT2D eigenvalue weighted by molar-refractivity contribution is 0.0376. The molecule has 0 aromatic rings. The standard InChI is InChI=1S/C6H14BO3/c1-5(8)4-6(2,3)10-7-9/h5,8-9H,4H2,1-3H3. The fourth-order valence-corrected chi connectivity index (χ4v) is 0.902. The lowest BCUT2D eigenvalue weighted by atomic mass is 10.0. The average molecular weight is 145 g/mol. The predicted octanol–water partition coefficient (Wildman–Crippen LogP) is 0.0790. The fourth-order valence-electron chi connectivity index (χ4n) is 0.902. The molecule has 1 atom stereocenters. The van der Waals surface area contributed by atoms with Gasteiger partial charge in [-0.25, -0.2) is 0 Å². The monoisotopic (exact) mass is 145 g/mol. The van der Waals surface area contributed by atoms with E-state index >= 15 is 0 Å². The van der Waals surface area contributed by atoms with Gasteiger partial charge in [0.15, 0.2) is 0 Å². The lowest BCUT2D eigenvalue weighted by Crippen LogP contribution is -2.30. The number of hydrogen-bond acceptors (Lipinski definition) is 3. The van der Waals surface area contributed by atoms with Crippen LogP contribution in [0.4, 0.5) is 0 Å². The molecule has 0 aromatic heterocycles. The molecule has 0 heterocycles. The Morgan fingerprint density at radius 3 is 2.40 bits per heavy atom. The Morgan fingerprint density at radius 1 is 1.60 bits per heavy atom. The second-order valence-corrected chi connectivity index (χ2v) is 3.04. The van der Waals surface area contributed by atoms with Crippen LogP contribution in [-0.4, -0.2) is 29.5 Å². The Bertz CT molecular complexity index is 93.0. The van der Waals surface area contributed by atoms with Crippen LogP contribution in [0, 0.1) is 0 Å². The molecule has 0 saturated heterocycles. The maximum atomic E-state index is 8.94. The zero-order valence-electron chi connectivity index (χ0n) is 6.66. The molecule has 4 heteroatoms.